The van der Waals surface area contributed by atoms with Crippen LogP contribution in [0.5, 0.6) is 0 Å². The Morgan fingerprint density at radius 2 is 2.24 bits per heavy atom. The maximum atomic E-state index is 12.1. The van der Waals surface area contributed by atoms with Crippen LogP contribution in [0.25, 0.3) is 0 Å². The molecule has 3 N–H and O–H groups in total. The zero-order valence-electron chi connectivity index (χ0n) is 10.9. The Hall–Kier alpha value is -1.29. The third-order valence-electron chi connectivity index (χ3n) is 2.90. The van der Waals surface area contributed by atoms with Gasteiger partial charge in [0.25, 0.3) is 5.91 Å². The standard InChI is InChI=1S/C13H23N3O/c1-4-7-16-8-5-6-12(16)13(17)15-11(9-14)10(2)3/h5-6,8,10-11H,4,7,9,14H2,1-3H3,(H,15,17). The fourth-order valence-corrected chi connectivity index (χ4v) is 1.80. The molecular weight excluding hydrogens is 214 g/mol. The van der Waals surface area contributed by atoms with Crippen molar-refractivity contribution in [2.24, 2.45) is 11.7 Å². The molecule has 1 aromatic rings. The topological polar surface area (TPSA) is 60.0 Å². The molecule has 4 heteroatoms. The summed E-state index contributed by atoms with van der Waals surface area (Å²) in [5.74, 6) is 0.311. The van der Waals surface area contributed by atoms with Gasteiger partial charge in [0.2, 0.25) is 0 Å². The molecule has 1 unspecified atom stereocenters. The number of aromatic nitrogens is 1. The fourth-order valence-electron chi connectivity index (χ4n) is 1.80. The Bertz CT molecular complexity index is 357. The summed E-state index contributed by atoms with van der Waals surface area (Å²) in [7, 11) is 0. The van der Waals surface area contributed by atoms with E-state index in [0.717, 1.165) is 13.0 Å². The Balaban J connectivity index is 2.71. The quantitative estimate of drug-likeness (QED) is 0.789. The van der Waals surface area contributed by atoms with Crippen molar-refractivity contribution in [1.29, 1.82) is 0 Å². The number of hydrogen-bond acceptors (Lipinski definition) is 2. The molecule has 0 aliphatic rings. The summed E-state index contributed by atoms with van der Waals surface area (Å²) in [6, 6.07) is 3.78. The van der Waals surface area contributed by atoms with Crippen molar-refractivity contribution in [2.45, 2.75) is 39.8 Å². The van der Waals surface area contributed by atoms with Crippen LogP contribution in [-0.4, -0.2) is 23.1 Å². The first-order valence-electron chi connectivity index (χ1n) is 6.26. The molecule has 0 aliphatic heterocycles. The maximum Gasteiger partial charge on any atom is 0.268 e. The normalized spacial score (nSPS) is 12.8. The number of aryl methyl sites for hydroxylation is 1. The monoisotopic (exact) mass is 237 g/mol. The van der Waals surface area contributed by atoms with Gasteiger partial charge >= 0.3 is 0 Å². The second-order valence-electron chi connectivity index (χ2n) is 4.65. The highest BCUT2D eigenvalue weighted by Gasteiger charge is 2.17. The van der Waals surface area contributed by atoms with Gasteiger partial charge in [-0.25, -0.2) is 0 Å². The molecule has 0 fully saturated rings. The first-order chi connectivity index (χ1) is 8.10. The first kappa shape index (κ1) is 13.8. The Morgan fingerprint density at radius 3 is 2.76 bits per heavy atom. The molecule has 1 atom stereocenters. The molecule has 1 rings (SSSR count). The van der Waals surface area contributed by atoms with E-state index in [-0.39, 0.29) is 11.9 Å². The number of nitrogens with one attached hydrogen (secondary N) is 1. The van der Waals surface area contributed by atoms with Crippen molar-refractivity contribution in [1.82, 2.24) is 9.88 Å². The second kappa shape index (κ2) is 6.45. The molecule has 0 bridgehead atoms. The van der Waals surface area contributed by atoms with Crippen LogP contribution in [0.4, 0.5) is 0 Å². The third-order valence-corrected chi connectivity index (χ3v) is 2.90. The number of amides is 1. The third kappa shape index (κ3) is 3.60. The minimum absolute atomic E-state index is 0.0346. The van der Waals surface area contributed by atoms with E-state index < -0.39 is 0 Å². The minimum Gasteiger partial charge on any atom is -0.347 e. The van der Waals surface area contributed by atoms with Crippen LogP contribution < -0.4 is 11.1 Å². The van der Waals surface area contributed by atoms with E-state index in [1.807, 2.05) is 22.9 Å². The summed E-state index contributed by atoms with van der Waals surface area (Å²) in [5.41, 5.74) is 6.36. The summed E-state index contributed by atoms with van der Waals surface area (Å²) < 4.78 is 1.98. The average Bonchev–Trinajstić information content (AvgIpc) is 2.74. The average molecular weight is 237 g/mol. The van der Waals surface area contributed by atoms with Crippen molar-refractivity contribution in [2.75, 3.05) is 6.54 Å². The van der Waals surface area contributed by atoms with Gasteiger partial charge in [-0.1, -0.05) is 20.8 Å². The van der Waals surface area contributed by atoms with E-state index in [0.29, 0.717) is 18.2 Å². The van der Waals surface area contributed by atoms with Crippen LogP contribution in [0, 0.1) is 5.92 Å². The van der Waals surface area contributed by atoms with Crippen LogP contribution in [0.2, 0.25) is 0 Å². The summed E-state index contributed by atoms with van der Waals surface area (Å²) >= 11 is 0. The first-order valence-corrected chi connectivity index (χ1v) is 6.26. The van der Waals surface area contributed by atoms with Crippen LogP contribution in [0.15, 0.2) is 18.3 Å². The molecule has 96 valence electrons. The SMILES string of the molecule is CCCn1cccc1C(=O)NC(CN)C(C)C. The highest BCUT2D eigenvalue weighted by molar-refractivity contribution is 5.92. The molecule has 1 heterocycles. The highest BCUT2D eigenvalue weighted by atomic mass is 16.2. The lowest BCUT2D eigenvalue weighted by Crippen LogP contribution is -2.44. The molecule has 17 heavy (non-hydrogen) atoms. The van der Waals surface area contributed by atoms with E-state index in [9.17, 15) is 4.79 Å². The summed E-state index contributed by atoms with van der Waals surface area (Å²) in [6.45, 7) is 7.55. The second-order valence-corrected chi connectivity index (χ2v) is 4.65. The van der Waals surface area contributed by atoms with Crippen molar-refractivity contribution in [3.8, 4) is 0 Å². The molecular formula is C13H23N3O. The summed E-state index contributed by atoms with van der Waals surface area (Å²) in [4.78, 5) is 12.1. The van der Waals surface area contributed by atoms with Crippen LogP contribution in [0.1, 0.15) is 37.7 Å². The Morgan fingerprint density at radius 1 is 1.53 bits per heavy atom. The van der Waals surface area contributed by atoms with Gasteiger partial charge in [0.05, 0.1) is 0 Å². The van der Waals surface area contributed by atoms with E-state index >= 15 is 0 Å². The van der Waals surface area contributed by atoms with Crippen molar-refractivity contribution in [3.63, 3.8) is 0 Å². The largest absolute Gasteiger partial charge is 0.347 e. The molecule has 0 saturated carbocycles. The molecule has 0 aliphatic carbocycles. The molecule has 1 aromatic heterocycles. The number of nitrogens with two attached hydrogens (primary N) is 1. The predicted octanol–water partition coefficient (Wildman–Crippen LogP) is 1.61. The Kier molecular flexibility index (Phi) is 5.22. The van der Waals surface area contributed by atoms with Crippen molar-refractivity contribution in [3.05, 3.63) is 24.0 Å². The summed E-state index contributed by atoms with van der Waals surface area (Å²) in [5, 5.41) is 2.98. The number of carbonyl (C=O) groups excluding carboxylic acids is 1. The zero-order chi connectivity index (χ0) is 12.8. The molecule has 4 nitrogen and oxygen atoms in total. The van der Waals surface area contributed by atoms with Crippen LogP contribution in [-0.2, 0) is 6.54 Å². The Labute approximate surface area is 103 Å². The number of carbonyl (C=O) groups is 1. The van der Waals surface area contributed by atoms with Gasteiger partial charge in [-0.2, -0.15) is 0 Å². The predicted molar refractivity (Wildman–Crippen MR) is 69.9 cm³/mol. The van der Waals surface area contributed by atoms with Crippen LogP contribution in [0.3, 0.4) is 0 Å². The van der Waals surface area contributed by atoms with Gasteiger partial charge in [-0.15, -0.1) is 0 Å². The van der Waals surface area contributed by atoms with Gasteiger partial charge in [-0.05, 0) is 24.5 Å². The lowest BCUT2D eigenvalue weighted by atomic mass is 10.0. The molecule has 0 saturated heterocycles. The van der Waals surface area contributed by atoms with E-state index in [1.54, 1.807) is 0 Å². The minimum atomic E-state index is -0.0346. The zero-order valence-corrected chi connectivity index (χ0v) is 10.9. The van der Waals surface area contributed by atoms with Gasteiger partial charge in [-0.3, -0.25) is 4.79 Å². The van der Waals surface area contributed by atoms with E-state index in [4.69, 9.17) is 5.73 Å². The lowest BCUT2D eigenvalue weighted by Gasteiger charge is -2.20. The van der Waals surface area contributed by atoms with Crippen molar-refractivity contribution >= 4 is 5.91 Å². The van der Waals surface area contributed by atoms with E-state index in [2.05, 4.69) is 26.1 Å². The van der Waals surface area contributed by atoms with Gasteiger partial charge in [0, 0.05) is 25.3 Å². The van der Waals surface area contributed by atoms with E-state index in [1.165, 1.54) is 0 Å². The maximum absolute atomic E-state index is 12.1. The van der Waals surface area contributed by atoms with Gasteiger partial charge in [0.1, 0.15) is 5.69 Å². The fraction of sp³-hybridized carbons (Fsp3) is 0.615. The van der Waals surface area contributed by atoms with Crippen LogP contribution >= 0.6 is 0 Å². The highest BCUT2D eigenvalue weighted by Crippen LogP contribution is 2.06. The smallest absolute Gasteiger partial charge is 0.268 e. The number of rotatable bonds is 6. The van der Waals surface area contributed by atoms with Gasteiger partial charge in [0.15, 0.2) is 0 Å². The van der Waals surface area contributed by atoms with Gasteiger partial charge < -0.3 is 15.6 Å². The summed E-state index contributed by atoms with van der Waals surface area (Å²) in [6.07, 6.45) is 2.95. The number of nitrogens with zero attached hydrogens (tertiary/aromatic N) is 1. The molecule has 1 amide bonds. The molecule has 0 radical (unpaired) electrons. The molecule has 0 aromatic carbocycles. The molecule has 0 spiro atoms. The lowest BCUT2D eigenvalue weighted by molar-refractivity contribution is 0.0918. The number of hydrogen-bond donors (Lipinski definition) is 2. The van der Waals surface area contributed by atoms with Crippen molar-refractivity contribution < 1.29 is 4.79 Å².